The van der Waals surface area contributed by atoms with Crippen molar-refractivity contribution in [2.75, 3.05) is 12.8 Å². The number of ether oxygens (including phenoxy) is 1. The van der Waals surface area contributed by atoms with E-state index in [9.17, 15) is 4.79 Å². The van der Waals surface area contributed by atoms with Crippen molar-refractivity contribution in [2.24, 2.45) is 0 Å². The van der Waals surface area contributed by atoms with Crippen LogP contribution in [0.5, 0.6) is 0 Å². The Morgan fingerprint density at radius 3 is 2.73 bits per heavy atom. The molecule has 2 heterocycles. The first-order valence-corrected chi connectivity index (χ1v) is 7.43. The summed E-state index contributed by atoms with van der Waals surface area (Å²) in [5.41, 5.74) is 9.16. The Bertz CT molecular complexity index is 820. The maximum absolute atomic E-state index is 11.5. The minimum atomic E-state index is -0.480. The Kier molecular flexibility index (Phi) is 3.64. The Labute approximate surface area is 131 Å². The highest BCUT2D eigenvalue weighted by Gasteiger charge is 2.15. The lowest BCUT2D eigenvalue weighted by Crippen LogP contribution is -2.04. The number of aryl methyl sites for hydroxylation is 1. The number of carbonyl (C=O) groups is 1. The van der Waals surface area contributed by atoms with Crippen LogP contribution in [-0.2, 0) is 4.74 Å². The summed E-state index contributed by atoms with van der Waals surface area (Å²) >= 11 is 1.28. The van der Waals surface area contributed by atoms with Gasteiger partial charge in [0.05, 0.1) is 12.8 Å². The smallest absolute Gasteiger partial charge is 0.357 e. The normalized spacial score (nSPS) is 10.6. The number of carbonyl (C=O) groups excluding carboxylic acids is 1. The van der Waals surface area contributed by atoms with Crippen LogP contribution < -0.4 is 5.73 Å². The Morgan fingerprint density at radius 1 is 1.32 bits per heavy atom. The summed E-state index contributed by atoms with van der Waals surface area (Å²) < 4.78 is 6.17. The first-order valence-electron chi connectivity index (χ1n) is 6.55. The molecule has 0 spiro atoms. The number of hydrogen-bond acceptors (Lipinski definition) is 6. The van der Waals surface area contributed by atoms with Gasteiger partial charge in [0.15, 0.2) is 5.69 Å². The van der Waals surface area contributed by atoms with E-state index in [0.717, 1.165) is 11.3 Å². The van der Waals surface area contributed by atoms with E-state index in [-0.39, 0.29) is 5.69 Å². The summed E-state index contributed by atoms with van der Waals surface area (Å²) in [6, 6.07) is 9.79. The van der Waals surface area contributed by atoms with Crippen molar-refractivity contribution >= 4 is 23.1 Å². The van der Waals surface area contributed by atoms with Gasteiger partial charge in [-0.05, 0) is 6.92 Å². The second-order valence-electron chi connectivity index (χ2n) is 4.74. The summed E-state index contributed by atoms with van der Waals surface area (Å²) in [5, 5.41) is 6.61. The number of aromatic nitrogens is 3. The maximum Gasteiger partial charge on any atom is 0.357 e. The minimum absolute atomic E-state index is 0.245. The summed E-state index contributed by atoms with van der Waals surface area (Å²) in [5.74, 6) is -0.0201. The standard InChI is InChI=1S/C15H14N4O2S/c1-9-3-5-10(6-4-9)11-7-13(16)19(18-11)15-17-12(8-22-15)14(20)21-2/h3-8H,16H2,1-2H3. The van der Waals surface area contributed by atoms with Gasteiger partial charge in [0, 0.05) is 17.0 Å². The molecule has 2 aromatic heterocycles. The maximum atomic E-state index is 11.5. The van der Waals surface area contributed by atoms with E-state index in [4.69, 9.17) is 5.73 Å². The van der Waals surface area contributed by atoms with Gasteiger partial charge in [-0.15, -0.1) is 11.3 Å². The zero-order valence-electron chi connectivity index (χ0n) is 12.1. The lowest BCUT2D eigenvalue weighted by Gasteiger charge is -1.98. The van der Waals surface area contributed by atoms with Gasteiger partial charge < -0.3 is 10.5 Å². The van der Waals surface area contributed by atoms with E-state index >= 15 is 0 Å². The summed E-state index contributed by atoms with van der Waals surface area (Å²) in [6.07, 6.45) is 0. The second-order valence-corrected chi connectivity index (χ2v) is 5.58. The van der Waals surface area contributed by atoms with Crippen LogP contribution in [-0.4, -0.2) is 27.8 Å². The first kappa shape index (κ1) is 14.3. The Morgan fingerprint density at radius 2 is 2.05 bits per heavy atom. The van der Waals surface area contributed by atoms with Crippen LogP contribution in [0.4, 0.5) is 5.82 Å². The molecule has 0 saturated carbocycles. The number of benzene rings is 1. The van der Waals surface area contributed by atoms with E-state index in [2.05, 4.69) is 14.8 Å². The van der Waals surface area contributed by atoms with Gasteiger partial charge >= 0.3 is 5.97 Å². The molecule has 0 aliphatic heterocycles. The number of nitrogens with two attached hydrogens (primary N) is 1. The summed E-state index contributed by atoms with van der Waals surface area (Å²) in [6.45, 7) is 2.03. The minimum Gasteiger partial charge on any atom is -0.464 e. The summed E-state index contributed by atoms with van der Waals surface area (Å²) in [4.78, 5) is 15.7. The quantitative estimate of drug-likeness (QED) is 0.751. The van der Waals surface area contributed by atoms with Gasteiger partial charge in [-0.25, -0.2) is 9.78 Å². The predicted octanol–water partition coefficient (Wildman–Crippen LogP) is 2.67. The van der Waals surface area contributed by atoms with Crippen LogP contribution >= 0.6 is 11.3 Å². The van der Waals surface area contributed by atoms with Crippen LogP contribution in [0.2, 0.25) is 0 Å². The average Bonchev–Trinajstić information content (AvgIpc) is 3.14. The fourth-order valence-electron chi connectivity index (χ4n) is 1.97. The molecule has 0 saturated heterocycles. The second kappa shape index (κ2) is 5.61. The fraction of sp³-hybridized carbons (Fsp3) is 0.133. The molecule has 0 amide bonds. The number of thiazole rings is 1. The van der Waals surface area contributed by atoms with Gasteiger partial charge in [0.1, 0.15) is 5.82 Å². The van der Waals surface area contributed by atoms with Crippen LogP contribution in [0.15, 0.2) is 35.7 Å². The van der Waals surface area contributed by atoms with Crippen LogP contribution in [0, 0.1) is 6.92 Å². The molecule has 3 rings (SSSR count). The number of nitrogen functional groups attached to an aromatic ring is 1. The number of nitrogens with zero attached hydrogens (tertiary/aromatic N) is 3. The van der Waals surface area contributed by atoms with Crippen molar-refractivity contribution in [1.29, 1.82) is 0 Å². The molecule has 0 aliphatic carbocycles. The SMILES string of the molecule is COC(=O)c1csc(-n2nc(-c3ccc(C)cc3)cc2N)n1. The number of methoxy groups -OCH3 is 1. The van der Waals surface area contributed by atoms with Gasteiger partial charge in [-0.1, -0.05) is 29.8 Å². The Balaban J connectivity index is 1.97. The van der Waals surface area contributed by atoms with Crippen molar-refractivity contribution in [3.8, 4) is 16.4 Å². The zero-order chi connectivity index (χ0) is 15.7. The van der Waals surface area contributed by atoms with Crippen molar-refractivity contribution in [3.05, 3.63) is 47.0 Å². The van der Waals surface area contributed by atoms with Crippen LogP contribution in [0.1, 0.15) is 16.1 Å². The lowest BCUT2D eigenvalue weighted by molar-refractivity contribution is 0.0595. The monoisotopic (exact) mass is 314 g/mol. The summed E-state index contributed by atoms with van der Waals surface area (Å²) in [7, 11) is 1.32. The molecule has 2 N–H and O–H groups in total. The highest BCUT2D eigenvalue weighted by molar-refractivity contribution is 7.12. The number of anilines is 1. The molecule has 3 aromatic rings. The van der Waals surface area contributed by atoms with Crippen molar-refractivity contribution in [3.63, 3.8) is 0 Å². The largest absolute Gasteiger partial charge is 0.464 e. The third kappa shape index (κ3) is 2.58. The molecule has 0 radical (unpaired) electrons. The molecule has 112 valence electrons. The van der Waals surface area contributed by atoms with Gasteiger partial charge in [-0.3, -0.25) is 0 Å². The zero-order valence-corrected chi connectivity index (χ0v) is 12.9. The van der Waals surface area contributed by atoms with Crippen molar-refractivity contribution in [2.45, 2.75) is 6.92 Å². The van der Waals surface area contributed by atoms with Crippen molar-refractivity contribution < 1.29 is 9.53 Å². The van der Waals surface area contributed by atoms with E-state index in [1.807, 2.05) is 31.2 Å². The van der Waals surface area contributed by atoms with Gasteiger partial charge in [-0.2, -0.15) is 9.78 Å². The average molecular weight is 314 g/mol. The third-order valence-corrected chi connectivity index (χ3v) is 3.97. The van der Waals surface area contributed by atoms with E-state index < -0.39 is 5.97 Å². The molecule has 0 bridgehead atoms. The highest BCUT2D eigenvalue weighted by atomic mass is 32.1. The van der Waals surface area contributed by atoms with Gasteiger partial charge in [0.25, 0.3) is 0 Å². The molecule has 0 atom stereocenters. The number of esters is 1. The molecular weight excluding hydrogens is 300 g/mol. The predicted molar refractivity (Wildman–Crippen MR) is 85.2 cm³/mol. The third-order valence-electron chi connectivity index (χ3n) is 3.15. The number of hydrogen-bond donors (Lipinski definition) is 1. The molecule has 1 aromatic carbocycles. The highest BCUT2D eigenvalue weighted by Crippen LogP contribution is 2.25. The molecule has 0 fully saturated rings. The topological polar surface area (TPSA) is 83.0 Å². The van der Waals surface area contributed by atoms with E-state index in [1.165, 1.54) is 28.7 Å². The van der Waals surface area contributed by atoms with Crippen molar-refractivity contribution in [1.82, 2.24) is 14.8 Å². The van der Waals surface area contributed by atoms with Crippen LogP contribution in [0.25, 0.3) is 16.4 Å². The Hall–Kier alpha value is -2.67. The number of rotatable bonds is 3. The molecule has 22 heavy (non-hydrogen) atoms. The van der Waals surface area contributed by atoms with E-state index in [1.54, 1.807) is 11.4 Å². The first-order chi connectivity index (χ1) is 10.6. The van der Waals surface area contributed by atoms with Crippen LogP contribution in [0.3, 0.4) is 0 Å². The molecule has 7 heteroatoms. The van der Waals surface area contributed by atoms with Gasteiger partial charge in [0.2, 0.25) is 5.13 Å². The molecular formula is C15H14N4O2S. The molecule has 6 nitrogen and oxygen atoms in total. The molecule has 0 aliphatic rings. The molecule has 0 unspecified atom stereocenters. The van der Waals surface area contributed by atoms with E-state index in [0.29, 0.717) is 10.9 Å². The lowest BCUT2D eigenvalue weighted by atomic mass is 10.1. The fourth-order valence-corrected chi connectivity index (χ4v) is 2.74.